The van der Waals surface area contributed by atoms with Crippen LogP contribution in [0.15, 0.2) is 71.7 Å². The van der Waals surface area contributed by atoms with Crippen LogP contribution in [0.1, 0.15) is 109 Å². The third kappa shape index (κ3) is 9.10. The van der Waals surface area contributed by atoms with E-state index in [0.717, 1.165) is 82.2 Å². The molecule has 2 heterocycles. The molecule has 2 aliphatic carbocycles. The van der Waals surface area contributed by atoms with E-state index in [0.29, 0.717) is 17.5 Å². The van der Waals surface area contributed by atoms with Crippen LogP contribution in [0.25, 0.3) is 11.1 Å². The molecule has 0 spiro atoms. The molecular weight excluding hydrogens is 601 g/mol. The van der Waals surface area contributed by atoms with Gasteiger partial charge in [0, 0.05) is 32.2 Å². The van der Waals surface area contributed by atoms with Crippen LogP contribution in [-0.2, 0) is 6.42 Å². The van der Waals surface area contributed by atoms with Crippen molar-refractivity contribution in [2.24, 2.45) is 28.0 Å². The second kappa shape index (κ2) is 16.6. The summed E-state index contributed by atoms with van der Waals surface area (Å²) in [6, 6.07) is 20.6. The van der Waals surface area contributed by atoms with Gasteiger partial charge in [-0.2, -0.15) is 0 Å². The predicted octanol–water partition coefficient (Wildman–Crippen LogP) is 9.12. The van der Waals surface area contributed by atoms with Gasteiger partial charge in [0.1, 0.15) is 0 Å². The topological polar surface area (TPSA) is 72.0 Å². The van der Waals surface area contributed by atoms with Crippen molar-refractivity contribution in [3.63, 3.8) is 0 Å². The zero-order valence-electron chi connectivity index (χ0n) is 30.7. The summed E-state index contributed by atoms with van der Waals surface area (Å²) >= 11 is 0. The molecule has 0 radical (unpaired) electrons. The molecule has 3 fully saturated rings. The lowest BCUT2D eigenvalue weighted by Gasteiger charge is -2.42. The van der Waals surface area contributed by atoms with E-state index in [-0.39, 0.29) is 0 Å². The molecule has 4 atom stereocenters. The number of guanidine groups is 2. The monoisotopic (exact) mass is 665 g/mol. The Hall–Kier alpha value is -3.28. The molecule has 49 heavy (non-hydrogen) atoms. The van der Waals surface area contributed by atoms with Gasteiger partial charge in [0.15, 0.2) is 11.9 Å². The number of hydrogen-bond acceptors (Lipinski definition) is 4. The minimum atomic E-state index is 0.365. The zero-order chi connectivity index (χ0) is 34.2. The Kier molecular flexibility index (Phi) is 12.1. The molecule has 266 valence electrons. The van der Waals surface area contributed by atoms with E-state index in [2.05, 4.69) is 89.7 Å². The van der Waals surface area contributed by atoms with Crippen LogP contribution >= 0.6 is 0 Å². The summed E-state index contributed by atoms with van der Waals surface area (Å²) in [5.74, 6) is 3.05. The van der Waals surface area contributed by atoms with Crippen molar-refractivity contribution in [1.29, 1.82) is 5.41 Å². The van der Waals surface area contributed by atoms with Crippen LogP contribution in [0.2, 0.25) is 0 Å². The van der Waals surface area contributed by atoms with E-state index in [4.69, 9.17) is 10.7 Å². The van der Waals surface area contributed by atoms with Crippen LogP contribution in [0.4, 0.5) is 0 Å². The minimum absolute atomic E-state index is 0.365. The standard InChI is InChI=1S/C43H64N6/c1-4-43(29-33(2)27-34(3)30-43)23-26-48-39(31-46-41(48)44)17-11-12-24-47-32-40(28-36-13-7-5-8-14-36)49(42(47)45)25-22-35-18-20-38(21-19-35)37-15-9-6-10-16-37/h6,9-10,15-16,18-21,34,36,39-40,45H,2,4-5,7-8,11-14,17,22-32H2,1,3H3,(H2,44,46)/t34?,39-,40-,43?/m0/s1. The maximum Gasteiger partial charge on any atom is 0.194 e. The number of rotatable bonds is 15. The molecule has 0 bridgehead atoms. The summed E-state index contributed by atoms with van der Waals surface area (Å²) in [5, 5.41) is 9.30. The Morgan fingerprint density at radius 3 is 2.41 bits per heavy atom. The van der Waals surface area contributed by atoms with Gasteiger partial charge in [-0.1, -0.05) is 119 Å². The summed E-state index contributed by atoms with van der Waals surface area (Å²) in [6.45, 7) is 13.9. The van der Waals surface area contributed by atoms with Crippen molar-refractivity contribution in [3.05, 3.63) is 72.3 Å². The van der Waals surface area contributed by atoms with Crippen LogP contribution < -0.4 is 5.73 Å². The Balaban J connectivity index is 1.00. The first-order valence-corrected chi connectivity index (χ1v) is 19.8. The Bertz CT molecular complexity index is 1400. The number of nitrogens with one attached hydrogen (secondary N) is 1. The lowest BCUT2D eigenvalue weighted by Crippen LogP contribution is -2.43. The predicted molar refractivity (Wildman–Crippen MR) is 207 cm³/mol. The van der Waals surface area contributed by atoms with Gasteiger partial charge in [-0.15, -0.1) is 0 Å². The van der Waals surface area contributed by atoms with Crippen LogP contribution in [0.5, 0.6) is 0 Å². The summed E-state index contributed by atoms with van der Waals surface area (Å²) in [6.07, 6.45) is 18.6. The Morgan fingerprint density at radius 1 is 0.918 bits per heavy atom. The molecular formula is C43H64N6. The summed E-state index contributed by atoms with van der Waals surface area (Å²) < 4.78 is 0. The van der Waals surface area contributed by atoms with E-state index in [9.17, 15) is 5.41 Å². The third-order valence-electron chi connectivity index (χ3n) is 12.6. The van der Waals surface area contributed by atoms with Gasteiger partial charge in [0.25, 0.3) is 0 Å². The smallest absolute Gasteiger partial charge is 0.194 e. The maximum absolute atomic E-state index is 9.30. The highest BCUT2D eigenvalue weighted by Crippen LogP contribution is 2.46. The van der Waals surface area contributed by atoms with Crippen molar-refractivity contribution in [2.45, 2.75) is 122 Å². The van der Waals surface area contributed by atoms with E-state index in [1.54, 1.807) is 0 Å². The number of nitrogens with zero attached hydrogens (tertiary/aromatic N) is 4. The quantitative estimate of drug-likeness (QED) is 0.147. The molecule has 2 aromatic carbocycles. The molecule has 0 amide bonds. The van der Waals surface area contributed by atoms with Crippen LogP contribution in [0, 0.1) is 22.7 Å². The average molecular weight is 665 g/mol. The summed E-state index contributed by atoms with van der Waals surface area (Å²) in [7, 11) is 0. The molecule has 6 nitrogen and oxygen atoms in total. The fraction of sp³-hybridized carbons (Fsp3) is 0.628. The molecule has 2 aromatic rings. The molecule has 6 rings (SSSR count). The fourth-order valence-electron chi connectivity index (χ4n) is 9.81. The first-order chi connectivity index (χ1) is 23.8. The number of unbranched alkanes of at least 4 members (excludes halogenated alkanes) is 1. The molecule has 2 saturated carbocycles. The third-order valence-corrected chi connectivity index (χ3v) is 12.6. The van der Waals surface area contributed by atoms with Gasteiger partial charge in [0.2, 0.25) is 0 Å². The van der Waals surface area contributed by atoms with Crippen LogP contribution in [-0.4, -0.2) is 71.4 Å². The largest absolute Gasteiger partial charge is 0.370 e. The SMILES string of the molecule is C=C1CC(C)CC(CC)(CCN2C(N)=NC[C@@H]2CCCCN2C[C@H](CC3CCCCC3)N(CCc3ccc(-c4ccccc4)cc3)C2=N)C1. The number of aliphatic imine (C=N–C) groups is 1. The van der Waals surface area contributed by atoms with Crippen molar-refractivity contribution >= 4 is 11.9 Å². The van der Waals surface area contributed by atoms with E-state index < -0.39 is 0 Å². The van der Waals surface area contributed by atoms with E-state index >= 15 is 0 Å². The molecule has 1 saturated heterocycles. The van der Waals surface area contributed by atoms with Gasteiger partial charge in [-0.3, -0.25) is 10.4 Å². The highest BCUT2D eigenvalue weighted by Gasteiger charge is 2.38. The van der Waals surface area contributed by atoms with E-state index in [1.165, 1.54) is 92.9 Å². The van der Waals surface area contributed by atoms with Gasteiger partial charge in [-0.25, -0.2) is 0 Å². The average Bonchev–Trinajstić information content (AvgIpc) is 3.62. The van der Waals surface area contributed by atoms with Crippen molar-refractivity contribution in [3.8, 4) is 11.1 Å². The van der Waals surface area contributed by atoms with Crippen molar-refractivity contribution in [1.82, 2.24) is 14.7 Å². The molecule has 4 aliphatic rings. The second-order valence-electron chi connectivity index (χ2n) is 16.3. The molecule has 0 aromatic heterocycles. The summed E-state index contributed by atoms with van der Waals surface area (Å²) in [4.78, 5) is 12.0. The second-order valence-corrected chi connectivity index (χ2v) is 16.3. The number of allylic oxidation sites excluding steroid dienone is 1. The zero-order valence-corrected chi connectivity index (χ0v) is 30.7. The van der Waals surface area contributed by atoms with Gasteiger partial charge in [-0.05, 0) is 91.7 Å². The number of hydrogen-bond donors (Lipinski definition) is 2. The number of benzene rings is 2. The van der Waals surface area contributed by atoms with Crippen molar-refractivity contribution < 1.29 is 0 Å². The Morgan fingerprint density at radius 2 is 1.67 bits per heavy atom. The first-order valence-electron chi connectivity index (χ1n) is 19.8. The number of nitrogens with two attached hydrogens (primary N) is 1. The highest BCUT2D eigenvalue weighted by atomic mass is 15.4. The maximum atomic E-state index is 9.30. The normalized spacial score (nSPS) is 26.5. The van der Waals surface area contributed by atoms with Gasteiger partial charge >= 0.3 is 0 Å². The Labute approximate surface area is 297 Å². The van der Waals surface area contributed by atoms with Gasteiger partial charge in [0.05, 0.1) is 12.6 Å². The van der Waals surface area contributed by atoms with E-state index in [1.807, 2.05) is 0 Å². The lowest BCUT2D eigenvalue weighted by atomic mass is 9.65. The van der Waals surface area contributed by atoms with Gasteiger partial charge < -0.3 is 20.4 Å². The minimum Gasteiger partial charge on any atom is -0.370 e. The molecule has 6 heteroatoms. The van der Waals surface area contributed by atoms with Crippen LogP contribution in [0.3, 0.4) is 0 Å². The fourth-order valence-corrected chi connectivity index (χ4v) is 9.81. The lowest BCUT2D eigenvalue weighted by molar-refractivity contribution is 0.141. The molecule has 3 N–H and O–H groups in total. The van der Waals surface area contributed by atoms with Crippen molar-refractivity contribution in [2.75, 3.05) is 32.7 Å². The molecule has 2 aliphatic heterocycles. The molecule has 2 unspecified atom stereocenters. The summed E-state index contributed by atoms with van der Waals surface area (Å²) in [5.41, 5.74) is 12.2. The first kappa shape index (κ1) is 35.5. The highest BCUT2D eigenvalue weighted by molar-refractivity contribution is 5.80.